The van der Waals surface area contributed by atoms with Crippen molar-refractivity contribution in [1.29, 1.82) is 0 Å². The number of nitrogens with zero attached hydrogens (tertiary/aromatic N) is 1. The Morgan fingerprint density at radius 3 is 2.60 bits per heavy atom. The first-order valence-electron chi connectivity index (χ1n) is 6.64. The number of hydrogen-bond donors (Lipinski definition) is 1. The molecule has 0 aliphatic carbocycles. The van der Waals surface area contributed by atoms with Gasteiger partial charge in [-0.15, -0.1) is 0 Å². The van der Waals surface area contributed by atoms with Gasteiger partial charge in [0.25, 0.3) is 0 Å². The lowest BCUT2D eigenvalue weighted by Gasteiger charge is -2.33. The fraction of sp³-hybridized carbons (Fsp3) is 0.538. The van der Waals surface area contributed by atoms with Crippen molar-refractivity contribution in [1.82, 2.24) is 9.62 Å². The minimum absolute atomic E-state index is 0.0184. The summed E-state index contributed by atoms with van der Waals surface area (Å²) < 4.78 is 40.0. The highest BCUT2D eigenvalue weighted by Gasteiger charge is 2.31. The number of nitrogens with one attached hydrogen (secondary N) is 1. The number of rotatable bonds is 4. The fourth-order valence-electron chi connectivity index (χ4n) is 2.49. The van der Waals surface area contributed by atoms with Crippen LogP contribution in [-0.2, 0) is 10.0 Å². The Hall–Kier alpha value is -0.690. The molecule has 0 bridgehead atoms. The first-order valence-corrected chi connectivity index (χ1v) is 8.46. The molecule has 7 heteroatoms. The van der Waals surface area contributed by atoms with Gasteiger partial charge in [-0.05, 0) is 44.1 Å². The van der Waals surface area contributed by atoms with Gasteiger partial charge in [0, 0.05) is 12.6 Å². The zero-order chi connectivity index (χ0) is 14.8. The van der Waals surface area contributed by atoms with Crippen LogP contribution in [0.25, 0.3) is 0 Å². The lowest BCUT2D eigenvalue weighted by atomic mass is 10.1. The lowest BCUT2D eigenvalue weighted by Crippen LogP contribution is -2.45. The van der Waals surface area contributed by atoms with Crippen molar-refractivity contribution in [3.8, 4) is 0 Å². The van der Waals surface area contributed by atoms with Crippen LogP contribution in [0.15, 0.2) is 23.1 Å². The molecule has 0 amide bonds. The Morgan fingerprint density at radius 1 is 1.40 bits per heavy atom. The SMILES string of the molecule is CCN(C1CCNCC1)S(=O)(=O)c1ccc(F)c(Cl)c1. The van der Waals surface area contributed by atoms with Gasteiger partial charge in [-0.1, -0.05) is 18.5 Å². The van der Waals surface area contributed by atoms with Crippen molar-refractivity contribution >= 4 is 21.6 Å². The Balaban J connectivity index is 2.32. The molecule has 1 fully saturated rings. The zero-order valence-electron chi connectivity index (χ0n) is 11.3. The predicted octanol–water partition coefficient (Wildman–Crippen LogP) is 2.24. The van der Waals surface area contributed by atoms with E-state index in [1.807, 2.05) is 6.92 Å². The molecule has 0 spiro atoms. The van der Waals surface area contributed by atoms with Crippen LogP contribution in [-0.4, -0.2) is 38.4 Å². The standard InChI is InChI=1S/C13H18ClFN2O2S/c1-2-17(10-5-7-16-8-6-10)20(18,19)11-3-4-13(15)12(14)9-11/h3-4,9-10,16H,2,5-8H2,1H3. The van der Waals surface area contributed by atoms with Crippen LogP contribution in [0, 0.1) is 5.82 Å². The topological polar surface area (TPSA) is 49.4 Å². The van der Waals surface area contributed by atoms with Crippen LogP contribution < -0.4 is 5.32 Å². The Bertz CT molecular complexity index is 574. The number of sulfonamides is 1. The molecular weight excluding hydrogens is 303 g/mol. The predicted molar refractivity (Wildman–Crippen MR) is 76.9 cm³/mol. The summed E-state index contributed by atoms with van der Waals surface area (Å²) in [5.74, 6) is -0.615. The number of piperidine rings is 1. The largest absolute Gasteiger partial charge is 0.317 e. The van der Waals surface area contributed by atoms with Gasteiger partial charge in [0.2, 0.25) is 10.0 Å². The van der Waals surface area contributed by atoms with E-state index in [1.165, 1.54) is 16.4 Å². The molecule has 1 saturated heterocycles. The molecule has 0 saturated carbocycles. The van der Waals surface area contributed by atoms with E-state index < -0.39 is 15.8 Å². The van der Waals surface area contributed by atoms with E-state index in [0.29, 0.717) is 6.54 Å². The monoisotopic (exact) mass is 320 g/mol. The summed E-state index contributed by atoms with van der Waals surface area (Å²) in [4.78, 5) is 0.0456. The number of hydrogen-bond acceptors (Lipinski definition) is 3. The molecule has 20 heavy (non-hydrogen) atoms. The molecule has 1 aliphatic heterocycles. The van der Waals surface area contributed by atoms with Gasteiger partial charge in [0.15, 0.2) is 0 Å². The van der Waals surface area contributed by atoms with E-state index in [-0.39, 0.29) is 16.0 Å². The van der Waals surface area contributed by atoms with Crippen LogP contribution in [0.5, 0.6) is 0 Å². The van der Waals surface area contributed by atoms with Crippen LogP contribution in [0.2, 0.25) is 5.02 Å². The minimum atomic E-state index is -3.64. The summed E-state index contributed by atoms with van der Waals surface area (Å²) in [7, 11) is -3.64. The quantitative estimate of drug-likeness (QED) is 0.925. The van der Waals surface area contributed by atoms with Gasteiger partial charge >= 0.3 is 0 Å². The molecule has 4 nitrogen and oxygen atoms in total. The zero-order valence-corrected chi connectivity index (χ0v) is 12.8. The maximum Gasteiger partial charge on any atom is 0.243 e. The van der Waals surface area contributed by atoms with E-state index >= 15 is 0 Å². The smallest absolute Gasteiger partial charge is 0.243 e. The molecule has 0 unspecified atom stereocenters. The van der Waals surface area contributed by atoms with Crippen molar-refractivity contribution in [2.24, 2.45) is 0 Å². The third-order valence-corrected chi connectivity index (χ3v) is 5.84. The molecule has 0 radical (unpaired) electrons. The number of benzene rings is 1. The van der Waals surface area contributed by atoms with Gasteiger partial charge in [0.05, 0.1) is 9.92 Å². The van der Waals surface area contributed by atoms with Gasteiger partial charge in [-0.2, -0.15) is 4.31 Å². The van der Waals surface area contributed by atoms with Crippen LogP contribution in [0.3, 0.4) is 0 Å². The summed E-state index contributed by atoms with van der Waals surface area (Å²) in [6, 6.07) is 3.51. The molecule has 1 aliphatic rings. The highest BCUT2D eigenvalue weighted by molar-refractivity contribution is 7.89. The Morgan fingerprint density at radius 2 is 2.05 bits per heavy atom. The van der Waals surface area contributed by atoms with Crippen molar-refractivity contribution in [3.05, 3.63) is 29.0 Å². The Labute approximate surface area is 124 Å². The summed E-state index contributed by atoms with van der Waals surface area (Å²) >= 11 is 5.69. The molecule has 1 N–H and O–H groups in total. The van der Waals surface area contributed by atoms with Crippen LogP contribution in [0.1, 0.15) is 19.8 Å². The molecule has 1 aromatic carbocycles. The normalized spacial score (nSPS) is 17.6. The molecule has 0 atom stereocenters. The fourth-order valence-corrected chi connectivity index (χ4v) is 4.46. The third kappa shape index (κ3) is 3.14. The van der Waals surface area contributed by atoms with Gasteiger partial charge < -0.3 is 5.32 Å². The van der Waals surface area contributed by atoms with Crippen LogP contribution in [0.4, 0.5) is 4.39 Å². The molecule has 1 heterocycles. The van der Waals surface area contributed by atoms with Crippen molar-refractivity contribution < 1.29 is 12.8 Å². The molecule has 1 aromatic rings. The van der Waals surface area contributed by atoms with E-state index in [2.05, 4.69) is 5.32 Å². The average Bonchev–Trinajstić information content (AvgIpc) is 2.43. The average molecular weight is 321 g/mol. The maximum absolute atomic E-state index is 13.2. The maximum atomic E-state index is 13.2. The second-order valence-electron chi connectivity index (χ2n) is 4.77. The van der Waals surface area contributed by atoms with Gasteiger partial charge in [-0.3, -0.25) is 0 Å². The highest BCUT2D eigenvalue weighted by Crippen LogP contribution is 2.25. The highest BCUT2D eigenvalue weighted by atomic mass is 35.5. The van der Waals surface area contributed by atoms with Crippen molar-refractivity contribution in [2.75, 3.05) is 19.6 Å². The second kappa shape index (κ2) is 6.39. The minimum Gasteiger partial charge on any atom is -0.317 e. The van der Waals surface area contributed by atoms with E-state index in [1.54, 1.807) is 0 Å². The molecular formula is C13H18ClFN2O2S. The third-order valence-electron chi connectivity index (χ3n) is 3.53. The first kappa shape index (κ1) is 15.7. The van der Waals surface area contributed by atoms with E-state index in [0.717, 1.165) is 32.0 Å². The Kier molecular flexibility index (Phi) is 5.01. The second-order valence-corrected chi connectivity index (χ2v) is 7.06. The van der Waals surface area contributed by atoms with Crippen LogP contribution >= 0.6 is 11.6 Å². The summed E-state index contributed by atoms with van der Waals surface area (Å²) in [5, 5.41) is 3.04. The lowest BCUT2D eigenvalue weighted by molar-refractivity contribution is 0.271. The molecule has 0 aromatic heterocycles. The van der Waals surface area contributed by atoms with Gasteiger partial charge in [0.1, 0.15) is 5.82 Å². The molecule has 2 rings (SSSR count). The van der Waals surface area contributed by atoms with Crippen molar-refractivity contribution in [2.45, 2.75) is 30.7 Å². The molecule has 112 valence electrons. The van der Waals surface area contributed by atoms with E-state index in [9.17, 15) is 12.8 Å². The van der Waals surface area contributed by atoms with E-state index in [4.69, 9.17) is 11.6 Å². The number of halogens is 2. The van der Waals surface area contributed by atoms with Crippen molar-refractivity contribution in [3.63, 3.8) is 0 Å². The summed E-state index contributed by atoms with van der Waals surface area (Å²) in [5.41, 5.74) is 0. The van der Waals surface area contributed by atoms with Gasteiger partial charge in [-0.25, -0.2) is 12.8 Å². The summed E-state index contributed by atoms with van der Waals surface area (Å²) in [6.07, 6.45) is 1.56. The summed E-state index contributed by atoms with van der Waals surface area (Å²) in [6.45, 7) is 3.81. The first-order chi connectivity index (χ1) is 9.46.